The highest BCUT2D eigenvalue weighted by Crippen LogP contribution is 2.16. The topological polar surface area (TPSA) is 430 Å². The van der Waals surface area contributed by atoms with E-state index in [9.17, 15) is 72.2 Å². The minimum Gasteiger partial charge on any atom is -0.481 e. The van der Waals surface area contributed by atoms with E-state index in [1.807, 2.05) is 0 Å². The molecule has 3 aromatic carbocycles. The van der Waals surface area contributed by atoms with E-state index in [4.69, 9.17) is 15.2 Å². The van der Waals surface area contributed by atoms with Crippen molar-refractivity contribution in [2.45, 2.75) is 194 Å². The molecule has 0 aliphatic carbocycles. The highest BCUT2D eigenvalue weighted by molar-refractivity contribution is 6.00. The normalized spacial score (nSPS) is 14.4. The maximum atomic E-state index is 14.3. The summed E-state index contributed by atoms with van der Waals surface area (Å²) in [5, 5.41) is 35.3. The molecule has 0 aliphatic rings. The monoisotopic (exact) mass is 1380 g/mol. The fourth-order valence-corrected chi connectivity index (χ4v) is 9.70. The summed E-state index contributed by atoms with van der Waals surface area (Å²) in [5.41, 5.74) is 5.40. The van der Waals surface area contributed by atoms with Gasteiger partial charge in [-0.25, -0.2) is 4.79 Å². The molecule has 0 aromatic heterocycles. The molecule has 0 saturated heterocycles. The van der Waals surface area contributed by atoms with Crippen molar-refractivity contribution in [2.75, 3.05) is 33.8 Å². The number of nitrogens with two attached hydrogens (primary N) is 1. The summed E-state index contributed by atoms with van der Waals surface area (Å²) >= 11 is 0. The molecule has 0 aliphatic heterocycles. The Hall–Kier alpha value is -10.00. The van der Waals surface area contributed by atoms with Crippen LogP contribution in [-0.4, -0.2) is 203 Å². The molecule has 10 atom stereocenters. The van der Waals surface area contributed by atoms with Crippen LogP contribution in [0, 0.1) is 11.8 Å². The molecule has 99 heavy (non-hydrogen) atoms. The van der Waals surface area contributed by atoms with Crippen LogP contribution in [0.1, 0.15) is 120 Å². The Morgan fingerprint density at radius 2 is 0.929 bits per heavy atom. The highest BCUT2D eigenvalue weighted by Gasteiger charge is 2.38. The van der Waals surface area contributed by atoms with Gasteiger partial charge in [0.1, 0.15) is 66.0 Å². The van der Waals surface area contributed by atoms with Crippen molar-refractivity contribution in [3.05, 3.63) is 108 Å². The summed E-state index contributed by atoms with van der Waals surface area (Å²) in [4.78, 5) is 192. The Morgan fingerprint density at radius 3 is 1.41 bits per heavy atom. The lowest BCUT2D eigenvalue weighted by Gasteiger charge is -2.31. The van der Waals surface area contributed by atoms with Gasteiger partial charge in [-0.3, -0.25) is 62.3 Å². The molecule has 0 radical (unpaired) electrons. The smallest absolute Gasteiger partial charge is 0.408 e. The third-order valence-corrected chi connectivity index (χ3v) is 15.2. The first-order chi connectivity index (χ1) is 46.2. The number of nitrogens with zero attached hydrogens (tertiary/aromatic N) is 2. The van der Waals surface area contributed by atoms with Crippen molar-refractivity contribution in [1.82, 2.24) is 63.0 Å². The summed E-state index contributed by atoms with van der Waals surface area (Å²) < 4.78 is 11.1. The predicted molar refractivity (Wildman–Crippen MR) is 365 cm³/mol. The fourth-order valence-electron chi connectivity index (χ4n) is 9.70. The van der Waals surface area contributed by atoms with E-state index < -0.39 is 180 Å². The number of aliphatic carboxylic acids is 1. The van der Waals surface area contributed by atoms with Gasteiger partial charge in [-0.15, -0.1) is 0 Å². The second-order valence-corrected chi connectivity index (χ2v) is 26.9. The van der Waals surface area contributed by atoms with E-state index >= 15 is 0 Å². The van der Waals surface area contributed by atoms with Gasteiger partial charge in [-0.2, -0.15) is 0 Å². The molecule has 30 nitrogen and oxygen atoms in total. The Bertz CT molecular complexity index is 3270. The van der Waals surface area contributed by atoms with E-state index in [2.05, 4.69) is 53.2 Å². The second kappa shape index (κ2) is 39.4. The fraction of sp³-hybridized carbons (Fsp3) is 0.536. The van der Waals surface area contributed by atoms with Gasteiger partial charge in [-0.05, 0) is 97.3 Å². The van der Waals surface area contributed by atoms with Gasteiger partial charge in [0, 0.05) is 33.4 Å². The molecule has 0 unspecified atom stereocenters. The molecule has 544 valence electrons. The Kier molecular flexibility index (Phi) is 33.1. The number of carboxylic acid groups (broad SMARTS) is 1. The largest absolute Gasteiger partial charge is 0.481 e. The number of rotatable bonds is 37. The number of likely N-dealkylation sites (N-methyl/N-ethyl adjacent to an activating group) is 2. The summed E-state index contributed by atoms with van der Waals surface area (Å²) in [7, 11) is 2.53. The number of carboxylic acids is 1. The van der Waals surface area contributed by atoms with Crippen molar-refractivity contribution >= 4 is 82.9 Å². The zero-order chi connectivity index (χ0) is 74.6. The molecule has 3 aromatic rings. The van der Waals surface area contributed by atoms with Gasteiger partial charge in [0.25, 0.3) is 0 Å². The summed E-state index contributed by atoms with van der Waals surface area (Å²) in [6, 6.07) is 12.1. The maximum absolute atomic E-state index is 14.3. The molecule has 0 spiro atoms. The third-order valence-electron chi connectivity index (χ3n) is 15.2. The lowest BCUT2D eigenvalue weighted by Crippen LogP contribution is -2.61. The van der Waals surface area contributed by atoms with Crippen LogP contribution in [0.25, 0.3) is 0 Å². The maximum Gasteiger partial charge on any atom is 0.408 e. The van der Waals surface area contributed by atoms with Crippen molar-refractivity contribution < 1.29 is 81.7 Å². The predicted octanol–water partition coefficient (Wildman–Crippen LogP) is 0.425. The molecule has 3 rings (SSSR count). The van der Waals surface area contributed by atoms with Gasteiger partial charge in [0.15, 0.2) is 0 Å². The molecule has 0 fully saturated rings. The number of alkyl carbamates (subject to hydrolysis) is 1. The Balaban J connectivity index is 1.78. The Morgan fingerprint density at radius 1 is 0.465 bits per heavy atom. The molecule has 0 heterocycles. The zero-order valence-corrected chi connectivity index (χ0v) is 59.2. The van der Waals surface area contributed by atoms with Crippen LogP contribution in [-0.2, 0) is 91.1 Å². The molecular formula is C69H101N13O17. The molecular weight excluding hydrogens is 1280 g/mol. The van der Waals surface area contributed by atoms with E-state index in [1.165, 1.54) is 27.8 Å². The quantitative estimate of drug-likeness (QED) is 0.0372. The third kappa shape index (κ3) is 30.1. The number of hydrogen-bond acceptors (Lipinski definition) is 16. The van der Waals surface area contributed by atoms with Crippen molar-refractivity contribution in [3.8, 4) is 0 Å². The number of hydrogen-bond donors (Lipinski definition) is 12. The molecule has 30 heteroatoms. The lowest BCUT2D eigenvalue weighted by molar-refractivity contribution is -0.146. The zero-order valence-electron chi connectivity index (χ0n) is 59.2. The number of amides is 13. The SMILES string of the molecule is CC(C)C[C@H](NC(=O)CNC(=O)[C@H](Cc1ccccc1)N(C)C(=O)[C@H](C)NC(=O)[C@H](Cc1ccccc1)NC(=O)OC(C)(C)C)C(=O)N[C@@H](C)C(=O)N[C@H](C(=O)N[C@@H](Cc1ccccc1)C(=O)N[C@@H](CC(=O)O)C(=O)N(C)[C@@H](C)C(=O)N[C@@H](COC(C)(C)C)C(=O)NCC(N)=O)C(C)C. The van der Waals surface area contributed by atoms with E-state index in [-0.39, 0.29) is 38.2 Å². The number of benzene rings is 3. The van der Waals surface area contributed by atoms with Gasteiger partial charge < -0.3 is 83.3 Å². The van der Waals surface area contributed by atoms with Crippen LogP contribution in [0.5, 0.6) is 0 Å². The first kappa shape index (κ1) is 83.2. The van der Waals surface area contributed by atoms with Crippen molar-refractivity contribution in [1.29, 1.82) is 0 Å². The number of primary amides is 1. The van der Waals surface area contributed by atoms with Crippen molar-refractivity contribution in [3.63, 3.8) is 0 Å². The van der Waals surface area contributed by atoms with E-state index in [0.717, 1.165) is 16.8 Å². The molecule has 0 saturated carbocycles. The van der Waals surface area contributed by atoms with Gasteiger partial charge in [0.05, 0.1) is 31.7 Å². The van der Waals surface area contributed by atoms with Crippen LogP contribution >= 0.6 is 0 Å². The molecule has 13 N–H and O–H groups in total. The first-order valence-corrected chi connectivity index (χ1v) is 32.6. The summed E-state index contributed by atoms with van der Waals surface area (Å²) in [6.07, 6.45) is -1.98. The van der Waals surface area contributed by atoms with Gasteiger partial charge in [0.2, 0.25) is 70.9 Å². The lowest BCUT2D eigenvalue weighted by atomic mass is 10.00. The summed E-state index contributed by atoms with van der Waals surface area (Å²) in [6.45, 7) is 19.3. The highest BCUT2D eigenvalue weighted by atomic mass is 16.6. The standard InChI is InChI=1S/C69H101N13O17/c1-39(2)31-47(75-54(84)37-72-63(93)52(34-46-29-23-18-24-30-46)82(15)65(95)42(6)74-61(91)49(33-45-27-21-17-22-28-45)79-67(97)99-69(11,12)13)60(90)73-41(5)57(87)80-56(40(3)4)64(94)76-48(32-44-25-19-16-20-26-44)62(92)77-50(35-55(85)86)66(96)81(14)43(7)58(88)78-51(38-98-68(8,9)10)59(89)71-36-53(70)83/h16-30,39-43,47-52,56H,31-38H2,1-15H3,(H2,70,83)(H,71,89)(H,72,93)(H,73,90)(H,74,91)(H,75,84)(H,76,94)(H,77,92)(H,78,88)(H,79,97)(H,80,87)(H,85,86)/t41-,42-,43-,47-,48-,49-,50-,51-,52-,56-/m0/s1. The number of carbonyl (C=O) groups is 14. The second-order valence-electron chi connectivity index (χ2n) is 26.9. The van der Waals surface area contributed by atoms with Crippen LogP contribution in [0.15, 0.2) is 91.0 Å². The number of carbonyl (C=O) groups excluding carboxylic acids is 13. The molecule has 0 bridgehead atoms. The van der Waals surface area contributed by atoms with Crippen LogP contribution in [0.2, 0.25) is 0 Å². The minimum atomic E-state index is -1.83. The van der Waals surface area contributed by atoms with Gasteiger partial charge in [-0.1, -0.05) is 119 Å². The molecule has 13 amide bonds. The Labute approximate surface area is 578 Å². The number of ether oxygens (including phenoxy) is 2. The average molecular weight is 1380 g/mol. The van der Waals surface area contributed by atoms with Crippen LogP contribution < -0.4 is 58.9 Å². The minimum absolute atomic E-state index is 0.0275. The van der Waals surface area contributed by atoms with E-state index in [1.54, 1.807) is 160 Å². The van der Waals surface area contributed by atoms with Gasteiger partial charge >= 0.3 is 12.1 Å². The number of nitrogens with one attached hydrogen (secondary N) is 10. The van der Waals surface area contributed by atoms with Crippen LogP contribution in [0.4, 0.5) is 4.79 Å². The summed E-state index contributed by atoms with van der Waals surface area (Å²) in [5.74, 6) is -12.6. The average Bonchev–Trinajstić information content (AvgIpc) is 0.860. The van der Waals surface area contributed by atoms with E-state index in [0.29, 0.717) is 16.7 Å². The van der Waals surface area contributed by atoms with Crippen molar-refractivity contribution in [2.24, 2.45) is 17.6 Å². The van der Waals surface area contributed by atoms with Crippen LogP contribution in [0.3, 0.4) is 0 Å². The first-order valence-electron chi connectivity index (χ1n) is 32.6.